The quantitative estimate of drug-likeness (QED) is 0.726. The zero-order valence-corrected chi connectivity index (χ0v) is 15.2. The number of rotatable bonds is 4. The average molecular weight is 360 g/mol. The summed E-state index contributed by atoms with van der Waals surface area (Å²) in [6, 6.07) is 14.4. The highest BCUT2D eigenvalue weighted by atomic mass is 16.7. The number of hydrogen-bond donors (Lipinski definition) is 1. The van der Waals surface area contributed by atoms with Crippen LogP contribution in [0.4, 0.5) is 0 Å². The molecule has 1 unspecified atom stereocenters. The molecule has 1 aliphatic carbocycles. The number of hydroxylamine groups is 2. The van der Waals surface area contributed by atoms with Gasteiger partial charge in [0.1, 0.15) is 0 Å². The number of pyridine rings is 1. The minimum Gasteiger partial charge on any atom is -0.281 e. The first-order valence-electron chi connectivity index (χ1n) is 8.70. The minimum atomic E-state index is -0.350. The molecule has 2 aromatic heterocycles. The van der Waals surface area contributed by atoms with Crippen molar-refractivity contribution in [1.82, 2.24) is 20.2 Å². The van der Waals surface area contributed by atoms with Crippen molar-refractivity contribution in [2.45, 2.75) is 11.8 Å². The van der Waals surface area contributed by atoms with Crippen molar-refractivity contribution in [3.63, 3.8) is 0 Å². The summed E-state index contributed by atoms with van der Waals surface area (Å²) in [6.45, 7) is 0. The maximum absolute atomic E-state index is 12.5. The van der Waals surface area contributed by atoms with E-state index in [1.54, 1.807) is 19.4 Å². The first-order chi connectivity index (χ1) is 13.2. The zero-order valence-electron chi connectivity index (χ0n) is 15.2. The van der Waals surface area contributed by atoms with Crippen molar-refractivity contribution >= 4 is 12.0 Å². The lowest BCUT2D eigenvalue weighted by Gasteiger charge is -2.34. The van der Waals surface area contributed by atoms with Crippen molar-refractivity contribution in [3.05, 3.63) is 89.0 Å². The maximum Gasteiger partial charge on any atom is 0.298 e. The largest absolute Gasteiger partial charge is 0.298 e. The Labute approximate surface area is 157 Å². The van der Waals surface area contributed by atoms with Crippen molar-refractivity contribution in [2.75, 3.05) is 14.2 Å². The van der Waals surface area contributed by atoms with E-state index in [1.807, 2.05) is 36.4 Å². The van der Waals surface area contributed by atoms with Gasteiger partial charge < -0.3 is 0 Å². The molecule has 6 heteroatoms. The Morgan fingerprint density at radius 2 is 1.85 bits per heavy atom. The van der Waals surface area contributed by atoms with Gasteiger partial charge in [-0.1, -0.05) is 42.5 Å². The number of nitrogens with one attached hydrogen (secondary N) is 1. The van der Waals surface area contributed by atoms with Crippen LogP contribution in [0.3, 0.4) is 0 Å². The van der Waals surface area contributed by atoms with Crippen LogP contribution in [0.1, 0.15) is 32.9 Å². The molecule has 27 heavy (non-hydrogen) atoms. The predicted molar refractivity (Wildman–Crippen MR) is 102 cm³/mol. The van der Waals surface area contributed by atoms with E-state index in [0.29, 0.717) is 12.1 Å². The van der Waals surface area contributed by atoms with E-state index in [0.717, 1.165) is 16.8 Å². The third kappa shape index (κ3) is 2.84. The van der Waals surface area contributed by atoms with Crippen LogP contribution in [0, 0.1) is 0 Å². The number of fused-ring (bicyclic) bond motifs is 1. The number of benzene rings is 1. The Morgan fingerprint density at radius 1 is 1.15 bits per heavy atom. The molecule has 0 spiro atoms. The van der Waals surface area contributed by atoms with Gasteiger partial charge in [0.05, 0.1) is 7.11 Å². The molecular formula is C21H20N4O2. The lowest BCUT2D eigenvalue weighted by molar-refractivity contribution is -0.0760. The van der Waals surface area contributed by atoms with E-state index in [-0.39, 0.29) is 11.3 Å². The van der Waals surface area contributed by atoms with E-state index in [4.69, 9.17) is 4.84 Å². The molecule has 0 aliphatic heterocycles. The molecule has 0 saturated heterocycles. The Hall–Kier alpha value is -3.25. The molecule has 136 valence electrons. The van der Waals surface area contributed by atoms with Gasteiger partial charge in [-0.25, -0.2) is 5.06 Å². The van der Waals surface area contributed by atoms with Crippen LogP contribution in [0.2, 0.25) is 0 Å². The third-order valence-corrected chi connectivity index (χ3v) is 5.12. The number of nitrogens with zero attached hydrogens (tertiary/aromatic N) is 3. The smallest absolute Gasteiger partial charge is 0.281 e. The molecule has 6 nitrogen and oxygen atoms in total. The summed E-state index contributed by atoms with van der Waals surface area (Å²) in [5.41, 5.74) is 4.06. The molecule has 0 bridgehead atoms. The van der Waals surface area contributed by atoms with Gasteiger partial charge in [0, 0.05) is 42.5 Å². The summed E-state index contributed by atoms with van der Waals surface area (Å²) in [6.07, 6.45) is 8.41. The van der Waals surface area contributed by atoms with E-state index in [2.05, 4.69) is 33.4 Å². The predicted octanol–water partition coefficient (Wildman–Crippen LogP) is 2.99. The summed E-state index contributed by atoms with van der Waals surface area (Å²) in [5, 5.41) is 8.49. The maximum atomic E-state index is 12.5. The number of carbonyl (C=O) groups excluding carboxylic acids is 1. The van der Waals surface area contributed by atoms with Crippen LogP contribution in [-0.2, 0) is 16.7 Å². The average Bonchev–Trinajstić information content (AvgIpc) is 3.16. The fourth-order valence-corrected chi connectivity index (χ4v) is 3.61. The van der Waals surface area contributed by atoms with Gasteiger partial charge in [0.15, 0.2) is 5.69 Å². The number of aromatic nitrogens is 3. The van der Waals surface area contributed by atoms with Crippen LogP contribution < -0.4 is 0 Å². The van der Waals surface area contributed by atoms with E-state index < -0.39 is 0 Å². The van der Waals surface area contributed by atoms with Crippen molar-refractivity contribution in [3.8, 4) is 0 Å². The fraction of sp³-hybridized carbons (Fsp3) is 0.190. The highest BCUT2D eigenvalue weighted by Gasteiger charge is 2.37. The van der Waals surface area contributed by atoms with Gasteiger partial charge in [-0.05, 0) is 23.3 Å². The van der Waals surface area contributed by atoms with Crippen LogP contribution >= 0.6 is 0 Å². The summed E-state index contributed by atoms with van der Waals surface area (Å²) < 4.78 is 0. The summed E-state index contributed by atoms with van der Waals surface area (Å²) in [7, 11) is 3.03. The SMILES string of the molecule is CON(C)C(=O)c1n[nH]c2c1C=CC(c1ccccc1)(c1ccncc1)C2. The highest BCUT2D eigenvalue weighted by Crippen LogP contribution is 2.41. The topological polar surface area (TPSA) is 71.1 Å². The number of aromatic amines is 1. The molecule has 0 saturated carbocycles. The Balaban J connectivity index is 1.82. The van der Waals surface area contributed by atoms with Gasteiger partial charge in [0.25, 0.3) is 5.91 Å². The molecule has 1 aliphatic rings. The molecule has 0 radical (unpaired) electrons. The summed E-state index contributed by atoms with van der Waals surface area (Å²) >= 11 is 0. The molecule has 4 rings (SSSR count). The highest BCUT2D eigenvalue weighted by molar-refractivity contribution is 5.96. The Kier molecular flexibility index (Phi) is 4.33. The second-order valence-corrected chi connectivity index (χ2v) is 6.53. The minimum absolute atomic E-state index is 0.282. The number of carbonyl (C=O) groups is 1. The van der Waals surface area contributed by atoms with Gasteiger partial charge in [-0.3, -0.25) is 19.7 Å². The zero-order chi connectivity index (χ0) is 18.9. The van der Waals surface area contributed by atoms with Crippen LogP contribution in [0.15, 0.2) is 60.9 Å². The lowest BCUT2D eigenvalue weighted by atomic mass is 9.68. The van der Waals surface area contributed by atoms with Gasteiger partial charge in [0.2, 0.25) is 0 Å². The molecule has 1 amide bonds. The van der Waals surface area contributed by atoms with E-state index in [9.17, 15) is 4.79 Å². The molecule has 1 N–H and O–H groups in total. The normalized spacial score (nSPS) is 18.1. The van der Waals surface area contributed by atoms with E-state index >= 15 is 0 Å². The van der Waals surface area contributed by atoms with Crippen molar-refractivity contribution in [1.29, 1.82) is 0 Å². The lowest BCUT2D eigenvalue weighted by Crippen LogP contribution is -2.31. The van der Waals surface area contributed by atoms with Crippen molar-refractivity contribution < 1.29 is 9.63 Å². The van der Waals surface area contributed by atoms with Crippen molar-refractivity contribution in [2.24, 2.45) is 0 Å². The fourth-order valence-electron chi connectivity index (χ4n) is 3.61. The van der Waals surface area contributed by atoms with Crippen LogP contribution in [0.25, 0.3) is 6.08 Å². The number of hydrogen-bond acceptors (Lipinski definition) is 4. The second-order valence-electron chi connectivity index (χ2n) is 6.53. The molecular weight excluding hydrogens is 340 g/mol. The molecule has 1 aromatic carbocycles. The van der Waals surface area contributed by atoms with Crippen LogP contribution in [-0.4, -0.2) is 40.3 Å². The first kappa shape index (κ1) is 17.2. The monoisotopic (exact) mass is 360 g/mol. The van der Waals surface area contributed by atoms with Gasteiger partial charge in [-0.2, -0.15) is 5.10 Å². The number of allylic oxidation sites excluding steroid dienone is 1. The van der Waals surface area contributed by atoms with Gasteiger partial charge in [-0.15, -0.1) is 0 Å². The van der Waals surface area contributed by atoms with Gasteiger partial charge >= 0.3 is 0 Å². The van der Waals surface area contributed by atoms with E-state index in [1.165, 1.54) is 17.7 Å². The Morgan fingerprint density at radius 3 is 2.56 bits per heavy atom. The summed E-state index contributed by atoms with van der Waals surface area (Å²) in [5.74, 6) is -0.282. The van der Waals surface area contributed by atoms with Crippen LogP contribution in [0.5, 0.6) is 0 Å². The molecule has 2 heterocycles. The molecule has 1 atom stereocenters. The number of H-pyrrole nitrogens is 1. The molecule has 0 fully saturated rings. The molecule has 3 aromatic rings. The second kappa shape index (κ2) is 6.81. The third-order valence-electron chi connectivity index (χ3n) is 5.12. The Bertz CT molecular complexity index is 940. The number of amides is 1. The summed E-state index contributed by atoms with van der Waals surface area (Å²) in [4.78, 5) is 21.6. The first-order valence-corrected chi connectivity index (χ1v) is 8.70. The standard InChI is InChI=1S/C21H20N4O2/c1-25(27-2)20(26)19-17-8-11-21(14-18(17)23-24-19,15-6-4-3-5-7-15)16-9-12-22-13-10-16/h3-13H,14H2,1-2H3,(H,23,24).